The summed E-state index contributed by atoms with van der Waals surface area (Å²) in [6.45, 7) is 9.53. The molecule has 7 heteroatoms. The summed E-state index contributed by atoms with van der Waals surface area (Å²) in [7, 11) is 0. The zero-order chi connectivity index (χ0) is 23.4. The third-order valence-electron chi connectivity index (χ3n) is 9.08. The van der Waals surface area contributed by atoms with Gasteiger partial charge in [-0.2, -0.15) is 0 Å². The summed E-state index contributed by atoms with van der Waals surface area (Å²) < 4.78 is 11.8. The van der Waals surface area contributed by atoms with E-state index in [1.807, 2.05) is 27.7 Å². The highest BCUT2D eigenvalue weighted by Crippen LogP contribution is 2.64. The minimum absolute atomic E-state index is 0.124. The van der Waals surface area contributed by atoms with E-state index in [0.717, 1.165) is 11.1 Å². The largest absolute Gasteiger partial charge is 0.507 e. The number of fused-ring (bicyclic) bond motifs is 6. The van der Waals surface area contributed by atoms with Crippen LogP contribution in [0.3, 0.4) is 0 Å². The quantitative estimate of drug-likeness (QED) is 0.527. The van der Waals surface area contributed by atoms with Crippen molar-refractivity contribution in [3.8, 4) is 11.5 Å². The number of benzene rings is 1. The van der Waals surface area contributed by atoms with Gasteiger partial charge in [0.05, 0.1) is 6.10 Å². The number of esters is 1. The maximum atomic E-state index is 12.8. The average molecular weight is 445 g/mol. The van der Waals surface area contributed by atoms with E-state index in [1.165, 1.54) is 6.07 Å². The predicted molar refractivity (Wildman–Crippen MR) is 115 cm³/mol. The number of ketones is 1. The molecule has 174 valence electrons. The second-order valence-electron chi connectivity index (χ2n) is 11.3. The van der Waals surface area contributed by atoms with Gasteiger partial charge in [-0.25, -0.2) is 4.79 Å². The van der Waals surface area contributed by atoms with Crippen molar-refractivity contribution in [2.24, 2.45) is 22.7 Å². The summed E-state index contributed by atoms with van der Waals surface area (Å²) >= 11 is 0. The number of phenols is 1. The monoisotopic (exact) mass is 444 g/mol. The number of rotatable bonds is 0. The fourth-order valence-corrected chi connectivity index (χ4v) is 7.46. The van der Waals surface area contributed by atoms with Crippen LogP contribution >= 0.6 is 0 Å². The maximum absolute atomic E-state index is 12.8. The summed E-state index contributed by atoms with van der Waals surface area (Å²) in [5.74, 6) is -0.727. The number of aromatic hydroxyl groups is 1. The summed E-state index contributed by atoms with van der Waals surface area (Å²) in [6, 6.07) is 1.46. The fraction of sp³-hybridized carbons (Fsp3) is 0.680. The third-order valence-corrected chi connectivity index (χ3v) is 9.08. The van der Waals surface area contributed by atoms with E-state index in [1.54, 1.807) is 0 Å². The van der Waals surface area contributed by atoms with E-state index in [4.69, 9.17) is 9.47 Å². The molecule has 2 fully saturated rings. The Balaban J connectivity index is 1.68. The molecule has 0 unspecified atom stereocenters. The zero-order valence-corrected chi connectivity index (χ0v) is 19.3. The molecule has 0 bridgehead atoms. The van der Waals surface area contributed by atoms with Gasteiger partial charge in [-0.05, 0) is 55.6 Å². The van der Waals surface area contributed by atoms with Crippen LogP contribution in [-0.4, -0.2) is 51.0 Å². The van der Waals surface area contributed by atoms with Crippen LogP contribution in [0.1, 0.15) is 68.9 Å². The highest BCUT2D eigenvalue weighted by molar-refractivity contribution is 5.96. The molecule has 1 aromatic carbocycles. The Labute approximate surface area is 187 Å². The molecule has 0 amide bonds. The molecule has 0 radical (unpaired) electrons. The number of Topliss-reactive ketones (excluding diaryl/α,β-unsaturated/α-hetero) is 1. The standard InChI is InChI=1S/C25H32O7/c1-11-6-13-12-7-18-24(4)10-15(27)21(29)23(2,3)17(24)9-19(28)25(18,5)32-16(12)8-14(26)20(13)22(30)31-11/h8,11,15,17-19,26-28H,6-7,9-10H2,1-5H3/t11-,15-,17-,18+,19-,24-,25+/m0/s1. The highest BCUT2D eigenvalue weighted by Gasteiger charge is 2.67. The normalized spacial score (nSPS) is 42.0. The first-order valence-electron chi connectivity index (χ1n) is 11.5. The molecule has 2 aliphatic heterocycles. The maximum Gasteiger partial charge on any atom is 0.342 e. The molecule has 0 aromatic heterocycles. The molecule has 4 aliphatic rings. The minimum Gasteiger partial charge on any atom is -0.507 e. The van der Waals surface area contributed by atoms with Crippen molar-refractivity contribution < 1.29 is 34.4 Å². The number of hydrogen-bond donors (Lipinski definition) is 3. The first-order valence-corrected chi connectivity index (χ1v) is 11.5. The van der Waals surface area contributed by atoms with Crippen LogP contribution in [0.5, 0.6) is 11.5 Å². The van der Waals surface area contributed by atoms with Crippen LogP contribution in [0, 0.1) is 22.7 Å². The van der Waals surface area contributed by atoms with Crippen LogP contribution in [0.2, 0.25) is 0 Å². The van der Waals surface area contributed by atoms with Gasteiger partial charge in [0.15, 0.2) is 5.78 Å². The van der Waals surface area contributed by atoms with Gasteiger partial charge in [-0.1, -0.05) is 20.8 Å². The van der Waals surface area contributed by atoms with Gasteiger partial charge in [0.1, 0.15) is 34.9 Å². The van der Waals surface area contributed by atoms with Gasteiger partial charge in [0.25, 0.3) is 0 Å². The molecule has 2 heterocycles. The second-order valence-corrected chi connectivity index (χ2v) is 11.3. The van der Waals surface area contributed by atoms with Crippen LogP contribution in [0.4, 0.5) is 0 Å². The van der Waals surface area contributed by atoms with Gasteiger partial charge in [0.2, 0.25) is 0 Å². The molecule has 1 aromatic rings. The number of carbonyl (C=O) groups is 2. The molecule has 32 heavy (non-hydrogen) atoms. The van der Waals surface area contributed by atoms with Gasteiger partial charge in [-0.15, -0.1) is 0 Å². The lowest BCUT2D eigenvalue weighted by molar-refractivity contribution is -0.222. The van der Waals surface area contributed by atoms with Crippen LogP contribution in [-0.2, 0) is 22.4 Å². The van der Waals surface area contributed by atoms with E-state index in [2.05, 4.69) is 6.92 Å². The number of ether oxygens (including phenoxy) is 2. The van der Waals surface area contributed by atoms with Crippen molar-refractivity contribution in [2.75, 3.05) is 0 Å². The fourth-order valence-electron chi connectivity index (χ4n) is 7.46. The van der Waals surface area contributed by atoms with Crippen molar-refractivity contribution in [3.05, 3.63) is 22.8 Å². The number of aliphatic hydroxyl groups is 2. The molecular formula is C25H32O7. The van der Waals surface area contributed by atoms with Crippen LogP contribution < -0.4 is 4.74 Å². The number of hydrogen-bond acceptors (Lipinski definition) is 7. The predicted octanol–water partition coefficient (Wildman–Crippen LogP) is 2.55. The van der Waals surface area contributed by atoms with Gasteiger partial charge in [0, 0.05) is 23.8 Å². The lowest BCUT2D eigenvalue weighted by Crippen LogP contribution is -2.70. The number of phenolic OH excluding ortho intramolecular Hbond substituents is 1. The smallest absolute Gasteiger partial charge is 0.342 e. The second kappa shape index (κ2) is 6.48. The molecule has 2 aliphatic carbocycles. The lowest BCUT2D eigenvalue weighted by atomic mass is 9.43. The number of aliphatic hydroxyl groups excluding tert-OH is 2. The number of cyclic esters (lactones) is 1. The Hall–Kier alpha value is -2.12. The Kier molecular flexibility index (Phi) is 4.39. The third kappa shape index (κ3) is 2.61. The molecule has 7 nitrogen and oxygen atoms in total. The van der Waals surface area contributed by atoms with Crippen molar-refractivity contribution in [1.29, 1.82) is 0 Å². The SMILES string of the molecule is C[C@H]1Cc2c3c(cc(O)c2C(=O)O1)O[C@]1(C)[C@H](C3)[C@@]2(C)C[C@H](O)C(=O)C(C)(C)[C@@H]2C[C@@H]1O. The van der Waals surface area contributed by atoms with Crippen LogP contribution in [0.15, 0.2) is 6.07 Å². The molecular weight excluding hydrogens is 412 g/mol. The molecule has 3 N–H and O–H groups in total. The summed E-state index contributed by atoms with van der Waals surface area (Å²) in [4.78, 5) is 25.4. The van der Waals surface area contributed by atoms with Crippen molar-refractivity contribution in [2.45, 2.75) is 84.2 Å². The molecule has 7 atom stereocenters. The first-order chi connectivity index (χ1) is 14.8. The number of carbonyl (C=O) groups excluding carboxylic acids is 2. The average Bonchev–Trinajstić information content (AvgIpc) is 2.67. The lowest BCUT2D eigenvalue weighted by Gasteiger charge is -2.64. The van der Waals surface area contributed by atoms with Crippen molar-refractivity contribution >= 4 is 11.8 Å². The van der Waals surface area contributed by atoms with E-state index in [0.29, 0.717) is 31.4 Å². The van der Waals surface area contributed by atoms with Gasteiger partial charge >= 0.3 is 5.97 Å². The molecule has 2 saturated carbocycles. The molecule has 5 rings (SSSR count). The Bertz CT molecular complexity index is 1030. The van der Waals surface area contributed by atoms with E-state index in [-0.39, 0.29) is 35.0 Å². The minimum atomic E-state index is -1.06. The van der Waals surface area contributed by atoms with E-state index < -0.39 is 34.6 Å². The van der Waals surface area contributed by atoms with Crippen LogP contribution in [0.25, 0.3) is 0 Å². The topological polar surface area (TPSA) is 113 Å². The zero-order valence-electron chi connectivity index (χ0n) is 19.3. The van der Waals surface area contributed by atoms with E-state index >= 15 is 0 Å². The summed E-state index contributed by atoms with van der Waals surface area (Å²) in [6.07, 6.45) is -0.494. The van der Waals surface area contributed by atoms with Crippen molar-refractivity contribution in [3.63, 3.8) is 0 Å². The Morgan fingerprint density at radius 1 is 1.03 bits per heavy atom. The highest BCUT2D eigenvalue weighted by atomic mass is 16.5. The van der Waals surface area contributed by atoms with Gasteiger partial charge < -0.3 is 24.8 Å². The van der Waals surface area contributed by atoms with Crippen molar-refractivity contribution in [1.82, 2.24) is 0 Å². The van der Waals surface area contributed by atoms with E-state index in [9.17, 15) is 24.9 Å². The molecule has 0 saturated heterocycles. The summed E-state index contributed by atoms with van der Waals surface area (Å²) in [5, 5.41) is 32.6. The Morgan fingerprint density at radius 2 is 1.72 bits per heavy atom. The van der Waals surface area contributed by atoms with Gasteiger partial charge in [-0.3, -0.25) is 4.79 Å². The Morgan fingerprint density at radius 3 is 2.41 bits per heavy atom. The first kappa shape index (κ1) is 21.7. The molecule has 0 spiro atoms. The summed E-state index contributed by atoms with van der Waals surface area (Å²) in [5.41, 5.74) is -0.419.